The van der Waals surface area contributed by atoms with Crippen LogP contribution in [0.2, 0.25) is 0 Å². The van der Waals surface area contributed by atoms with E-state index >= 15 is 0 Å². The topological polar surface area (TPSA) is 61.4 Å². The molecule has 0 spiro atoms. The smallest absolute Gasteiger partial charge is 0.239 e. The molecule has 0 aromatic heterocycles. The molecule has 2 aromatic rings. The Morgan fingerprint density at radius 1 is 0.892 bits per heavy atom. The van der Waals surface area contributed by atoms with Crippen LogP contribution >= 0.6 is 0 Å². The molecule has 0 saturated carbocycles. The largest absolute Gasteiger partial charge is 0.353 e. The molecule has 5 nitrogen and oxygen atoms in total. The fourth-order valence-electron chi connectivity index (χ4n) is 5.29. The van der Waals surface area contributed by atoms with Crippen LogP contribution in [0.5, 0.6) is 0 Å². The van der Waals surface area contributed by atoms with E-state index in [4.69, 9.17) is 0 Å². The quantitative estimate of drug-likeness (QED) is 0.432. The molecule has 0 aliphatic carbocycles. The Balaban J connectivity index is 0.000000555. The van der Waals surface area contributed by atoms with E-state index in [0.29, 0.717) is 13.1 Å². The van der Waals surface area contributed by atoms with Crippen molar-refractivity contribution in [1.29, 1.82) is 0 Å². The highest BCUT2D eigenvalue weighted by Gasteiger charge is 2.31. The Morgan fingerprint density at radius 3 is 2.11 bits per heavy atom. The summed E-state index contributed by atoms with van der Waals surface area (Å²) in [6.07, 6.45) is 11.4. The number of hydrogen-bond acceptors (Lipinski definition) is 3. The summed E-state index contributed by atoms with van der Waals surface area (Å²) in [4.78, 5) is 27.7. The predicted octanol–water partition coefficient (Wildman–Crippen LogP) is 5.75. The molecule has 2 N–H and O–H groups in total. The lowest BCUT2D eigenvalue weighted by molar-refractivity contribution is -0.138. The molecule has 2 aliphatic heterocycles. The van der Waals surface area contributed by atoms with Crippen molar-refractivity contribution in [2.75, 3.05) is 19.6 Å². The Bertz CT molecular complexity index is 849. The number of nitrogens with one attached hydrogen (secondary N) is 2. The van der Waals surface area contributed by atoms with Gasteiger partial charge in [-0.05, 0) is 63.5 Å². The number of aryl methyl sites for hydroxylation is 1. The van der Waals surface area contributed by atoms with Crippen LogP contribution in [0.25, 0.3) is 0 Å². The van der Waals surface area contributed by atoms with Crippen LogP contribution in [-0.4, -0.2) is 48.4 Å². The molecule has 4 rings (SSSR count). The Hall–Kier alpha value is -2.66. The third kappa shape index (κ3) is 10.7. The standard InChI is InChI=1S/C26H41N3O2.C6H6/c1-2-3-13-23(14-9-12-21-10-5-4-6-11-21)28-25(30)22-16-19-29(20-17-22)26(31)24-15-7-8-18-27-24;1-2-4-6-5-3-1/h4-6,10-11,22-24,27H,2-3,7-9,12-20H2,1H3,(H,28,30);1-6H. The number of likely N-dealkylation sites (tertiary alicyclic amines) is 1. The minimum atomic E-state index is -0.0119. The summed E-state index contributed by atoms with van der Waals surface area (Å²) < 4.78 is 0. The second-order valence-corrected chi connectivity index (χ2v) is 10.5. The Morgan fingerprint density at radius 2 is 1.51 bits per heavy atom. The minimum Gasteiger partial charge on any atom is -0.353 e. The van der Waals surface area contributed by atoms with E-state index in [9.17, 15) is 9.59 Å². The highest BCUT2D eigenvalue weighted by molar-refractivity contribution is 5.83. The molecule has 0 bridgehead atoms. The Labute approximate surface area is 224 Å². The van der Waals surface area contributed by atoms with Crippen LogP contribution in [-0.2, 0) is 16.0 Å². The number of nitrogens with zero attached hydrogens (tertiary/aromatic N) is 1. The summed E-state index contributed by atoms with van der Waals surface area (Å²) in [5.74, 6) is 0.477. The molecule has 5 heteroatoms. The van der Waals surface area contributed by atoms with Crippen molar-refractivity contribution in [3.63, 3.8) is 0 Å². The van der Waals surface area contributed by atoms with Crippen LogP contribution in [0.4, 0.5) is 0 Å². The van der Waals surface area contributed by atoms with Crippen molar-refractivity contribution >= 4 is 11.8 Å². The van der Waals surface area contributed by atoms with Gasteiger partial charge in [-0.15, -0.1) is 0 Å². The van der Waals surface area contributed by atoms with Crippen LogP contribution in [0.3, 0.4) is 0 Å². The van der Waals surface area contributed by atoms with Crippen molar-refractivity contribution in [2.45, 2.75) is 89.6 Å². The number of rotatable bonds is 10. The fraction of sp³-hybridized carbons (Fsp3) is 0.562. The highest BCUT2D eigenvalue weighted by atomic mass is 16.2. The number of carbonyl (C=O) groups excluding carboxylic acids is 2. The third-order valence-corrected chi connectivity index (χ3v) is 7.57. The van der Waals surface area contributed by atoms with E-state index < -0.39 is 0 Å². The second kappa shape index (κ2) is 17.0. The molecule has 0 radical (unpaired) electrons. The lowest BCUT2D eigenvalue weighted by Gasteiger charge is -2.35. The molecule has 2 saturated heterocycles. The van der Waals surface area contributed by atoms with Crippen molar-refractivity contribution in [2.24, 2.45) is 5.92 Å². The molecule has 2 heterocycles. The van der Waals surface area contributed by atoms with Gasteiger partial charge in [-0.1, -0.05) is 92.9 Å². The van der Waals surface area contributed by atoms with Crippen molar-refractivity contribution in [3.05, 3.63) is 72.3 Å². The first-order valence-electron chi connectivity index (χ1n) is 14.5. The van der Waals surface area contributed by atoms with Gasteiger partial charge in [0.25, 0.3) is 0 Å². The zero-order valence-electron chi connectivity index (χ0n) is 22.7. The molecular weight excluding hydrogens is 458 g/mol. The van der Waals surface area contributed by atoms with Crippen LogP contribution in [0, 0.1) is 5.92 Å². The van der Waals surface area contributed by atoms with Gasteiger partial charge in [-0.25, -0.2) is 0 Å². The summed E-state index contributed by atoms with van der Waals surface area (Å²) in [6, 6.07) is 22.8. The molecule has 2 amide bonds. The average Bonchev–Trinajstić information content (AvgIpc) is 2.97. The zero-order valence-corrected chi connectivity index (χ0v) is 22.7. The zero-order chi connectivity index (χ0) is 26.1. The van der Waals surface area contributed by atoms with E-state index in [0.717, 1.165) is 77.2 Å². The molecule has 2 unspecified atom stereocenters. The SMILES string of the molecule is CCCCC(CCCc1ccccc1)NC(=O)C1CCN(C(=O)C2CCCCN2)CC1.c1ccccc1. The first kappa shape index (κ1) is 28.9. The van der Waals surface area contributed by atoms with Crippen LogP contribution < -0.4 is 10.6 Å². The van der Waals surface area contributed by atoms with Gasteiger partial charge in [-0.3, -0.25) is 9.59 Å². The maximum absolute atomic E-state index is 13.0. The molecule has 2 aliphatic rings. The number of unbranched alkanes of at least 4 members (excludes halogenated alkanes) is 1. The second-order valence-electron chi connectivity index (χ2n) is 10.5. The normalized spacial score (nSPS) is 18.8. The number of piperidine rings is 2. The molecule has 202 valence electrons. The lowest BCUT2D eigenvalue weighted by Crippen LogP contribution is -2.52. The Kier molecular flexibility index (Phi) is 13.3. The first-order chi connectivity index (χ1) is 18.2. The highest BCUT2D eigenvalue weighted by Crippen LogP contribution is 2.21. The summed E-state index contributed by atoms with van der Waals surface area (Å²) in [5, 5.41) is 6.72. The van der Waals surface area contributed by atoms with E-state index in [1.165, 1.54) is 5.56 Å². The predicted molar refractivity (Wildman–Crippen MR) is 152 cm³/mol. The minimum absolute atomic E-state index is 0.0119. The van der Waals surface area contributed by atoms with Gasteiger partial charge in [0.05, 0.1) is 6.04 Å². The van der Waals surface area contributed by atoms with Gasteiger partial charge >= 0.3 is 0 Å². The molecular formula is C32H47N3O2. The van der Waals surface area contributed by atoms with Gasteiger partial charge in [0, 0.05) is 25.0 Å². The molecule has 2 fully saturated rings. The van der Waals surface area contributed by atoms with E-state index in [-0.39, 0.29) is 29.8 Å². The summed E-state index contributed by atoms with van der Waals surface area (Å²) in [7, 11) is 0. The van der Waals surface area contributed by atoms with Crippen molar-refractivity contribution in [1.82, 2.24) is 15.5 Å². The molecule has 37 heavy (non-hydrogen) atoms. The van der Waals surface area contributed by atoms with Crippen LogP contribution in [0.1, 0.15) is 76.7 Å². The fourth-order valence-corrected chi connectivity index (χ4v) is 5.29. The van der Waals surface area contributed by atoms with Gasteiger partial charge < -0.3 is 15.5 Å². The van der Waals surface area contributed by atoms with Gasteiger partial charge in [-0.2, -0.15) is 0 Å². The van der Waals surface area contributed by atoms with E-state index in [1.807, 2.05) is 41.3 Å². The summed E-state index contributed by atoms with van der Waals surface area (Å²) in [5.41, 5.74) is 1.37. The molecule has 2 aromatic carbocycles. The average molecular weight is 506 g/mol. The van der Waals surface area contributed by atoms with E-state index in [2.05, 4.69) is 47.9 Å². The summed E-state index contributed by atoms with van der Waals surface area (Å²) >= 11 is 0. The van der Waals surface area contributed by atoms with Crippen molar-refractivity contribution in [3.8, 4) is 0 Å². The number of amides is 2. The number of carbonyl (C=O) groups is 2. The first-order valence-corrected chi connectivity index (χ1v) is 14.5. The van der Waals surface area contributed by atoms with E-state index in [1.54, 1.807) is 0 Å². The lowest BCUT2D eigenvalue weighted by atomic mass is 9.93. The maximum atomic E-state index is 13.0. The van der Waals surface area contributed by atoms with Crippen LogP contribution in [0.15, 0.2) is 66.7 Å². The summed E-state index contributed by atoms with van der Waals surface area (Å²) in [6.45, 7) is 4.57. The van der Waals surface area contributed by atoms with Crippen molar-refractivity contribution < 1.29 is 9.59 Å². The number of hydrogen-bond donors (Lipinski definition) is 2. The van der Waals surface area contributed by atoms with Gasteiger partial charge in [0.15, 0.2) is 0 Å². The third-order valence-electron chi connectivity index (χ3n) is 7.57. The number of benzene rings is 2. The molecule has 2 atom stereocenters. The maximum Gasteiger partial charge on any atom is 0.239 e. The monoisotopic (exact) mass is 505 g/mol. The van der Waals surface area contributed by atoms with Gasteiger partial charge in [0.2, 0.25) is 11.8 Å². The van der Waals surface area contributed by atoms with Gasteiger partial charge in [0.1, 0.15) is 0 Å².